The van der Waals surface area contributed by atoms with Crippen LogP contribution in [-0.2, 0) is 11.0 Å². The van der Waals surface area contributed by atoms with Crippen molar-refractivity contribution in [1.82, 2.24) is 4.40 Å². The van der Waals surface area contributed by atoms with Crippen molar-refractivity contribution in [2.75, 3.05) is 0 Å². The van der Waals surface area contributed by atoms with Crippen molar-refractivity contribution < 1.29 is 29.0 Å². The molecule has 7 nitrogen and oxygen atoms in total. The summed E-state index contributed by atoms with van der Waals surface area (Å²) in [6.07, 6.45) is -0.267. The summed E-state index contributed by atoms with van der Waals surface area (Å²) < 4.78 is 14.2. The van der Waals surface area contributed by atoms with Gasteiger partial charge in [0, 0.05) is 11.1 Å². The van der Waals surface area contributed by atoms with Gasteiger partial charge in [-0.3, -0.25) is 0 Å². The Hall–Kier alpha value is -4.14. The highest BCUT2D eigenvalue weighted by Gasteiger charge is 2.34. The van der Waals surface area contributed by atoms with Crippen LogP contribution in [0.4, 0.5) is 0 Å². The zero-order chi connectivity index (χ0) is 28.8. The van der Waals surface area contributed by atoms with Crippen molar-refractivity contribution >= 4 is 37.5 Å². The van der Waals surface area contributed by atoms with Crippen LogP contribution in [0.5, 0.6) is 5.75 Å². The minimum Gasteiger partial charge on any atom is -0.489 e. The number of ether oxygens (including phenoxy) is 1. The Morgan fingerprint density at radius 3 is 2.10 bits per heavy atom. The van der Waals surface area contributed by atoms with E-state index in [1.54, 1.807) is 10.5 Å². The summed E-state index contributed by atoms with van der Waals surface area (Å²) in [5, 5.41) is 20.3. The van der Waals surface area contributed by atoms with Gasteiger partial charge < -0.3 is 23.8 Å². The minimum absolute atomic E-state index is 0.215. The first kappa shape index (κ1) is 27.4. The first-order chi connectivity index (χ1) is 19.0. The Morgan fingerprint density at radius 2 is 1.52 bits per heavy atom. The van der Waals surface area contributed by atoms with Crippen LogP contribution < -0.4 is 4.74 Å². The SMILES string of the molecule is C[Si](C)OC(c1ccc2c(C(=O)O)c(C(=O)O)c3c(-c4ccc(OCc5ccccc5)cc4)cc1n23)C(C)(C)C. The normalized spacial score (nSPS) is 12.8. The molecule has 8 heteroatoms. The number of aromatic carboxylic acids is 2. The van der Waals surface area contributed by atoms with E-state index in [4.69, 9.17) is 9.16 Å². The number of carbonyl (C=O) groups is 2. The van der Waals surface area contributed by atoms with Gasteiger partial charge >= 0.3 is 11.9 Å². The lowest BCUT2D eigenvalue weighted by atomic mass is 9.84. The molecule has 1 atom stereocenters. The molecule has 2 aromatic carbocycles. The maximum Gasteiger partial charge on any atom is 0.338 e. The summed E-state index contributed by atoms with van der Waals surface area (Å²) >= 11 is 0. The van der Waals surface area contributed by atoms with Crippen molar-refractivity contribution in [1.29, 1.82) is 0 Å². The van der Waals surface area contributed by atoms with E-state index in [0.29, 0.717) is 29.0 Å². The van der Waals surface area contributed by atoms with E-state index in [9.17, 15) is 19.8 Å². The van der Waals surface area contributed by atoms with Gasteiger partial charge in [0.25, 0.3) is 0 Å². The number of hydrogen-bond acceptors (Lipinski definition) is 4. The van der Waals surface area contributed by atoms with Crippen molar-refractivity contribution in [3.63, 3.8) is 0 Å². The van der Waals surface area contributed by atoms with Crippen LogP contribution in [0.25, 0.3) is 27.7 Å². The fraction of sp³-hybridized carbons (Fsp3) is 0.250. The van der Waals surface area contributed by atoms with E-state index >= 15 is 0 Å². The Morgan fingerprint density at radius 1 is 0.875 bits per heavy atom. The first-order valence-electron chi connectivity index (χ1n) is 13.1. The van der Waals surface area contributed by atoms with E-state index in [0.717, 1.165) is 22.2 Å². The molecule has 3 aromatic heterocycles. The van der Waals surface area contributed by atoms with Gasteiger partial charge in [-0.05, 0) is 53.9 Å². The lowest BCUT2D eigenvalue weighted by Crippen LogP contribution is -2.26. The predicted molar refractivity (Wildman–Crippen MR) is 157 cm³/mol. The lowest BCUT2D eigenvalue weighted by Gasteiger charge is -2.33. The topological polar surface area (TPSA) is 97.5 Å². The second kappa shape index (κ2) is 10.4. The summed E-state index contributed by atoms with van der Waals surface area (Å²) in [6, 6.07) is 22.8. The van der Waals surface area contributed by atoms with Crippen LogP contribution in [-0.4, -0.2) is 35.6 Å². The summed E-state index contributed by atoms with van der Waals surface area (Å²) in [4.78, 5) is 24.9. The number of benzene rings is 2. The van der Waals surface area contributed by atoms with Gasteiger partial charge in [0.15, 0.2) is 0 Å². The number of rotatable bonds is 9. The summed E-state index contributed by atoms with van der Waals surface area (Å²) in [5.41, 5.74) is 4.11. The zero-order valence-electron chi connectivity index (χ0n) is 23.2. The van der Waals surface area contributed by atoms with Crippen LogP contribution in [0.3, 0.4) is 0 Å². The molecule has 0 bridgehead atoms. The smallest absolute Gasteiger partial charge is 0.338 e. The molecule has 5 aromatic rings. The van der Waals surface area contributed by atoms with Crippen LogP contribution in [0.15, 0.2) is 72.8 Å². The standard InChI is InChI=1S/C32H32NO6Si/c1-32(2,3)29(39-40(4)5)22-15-16-24-26(30(34)35)27(31(36)37)28-23(17-25(22)33(24)28)20-11-13-21(14-12-20)38-18-19-9-7-6-8-10-19/h6-17,29H,18H2,1-5H3,(H,34,35)(H,36,37). The van der Waals surface area contributed by atoms with E-state index in [1.807, 2.05) is 66.7 Å². The van der Waals surface area contributed by atoms with Gasteiger partial charge in [0.05, 0.1) is 22.7 Å². The maximum atomic E-state index is 12.5. The van der Waals surface area contributed by atoms with Crippen molar-refractivity contribution in [3.8, 4) is 16.9 Å². The molecule has 0 saturated heterocycles. The van der Waals surface area contributed by atoms with E-state index < -0.39 is 21.0 Å². The zero-order valence-corrected chi connectivity index (χ0v) is 24.2. The highest BCUT2D eigenvalue weighted by Crippen LogP contribution is 2.44. The average molecular weight is 555 g/mol. The van der Waals surface area contributed by atoms with Gasteiger partial charge in [-0.2, -0.15) is 0 Å². The number of hydrogen-bond donors (Lipinski definition) is 2. The summed E-state index contributed by atoms with van der Waals surface area (Å²) in [7, 11) is -1.08. The molecule has 40 heavy (non-hydrogen) atoms. The van der Waals surface area contributed by atoms with Crippen molar-refractivity contribution in [2.24, 2.45) is 5.41 Å². The molecule has 0 aliphatic carbocycles. The highest BCUT2D eigenvalue weighted by atomic mass is 28.3. The molecule has 0 saturated carbocycles. The Kier molecular flexibility index (Phi) is 7.16. The highest BCUT2D eigenvalue weighted by molar-refractivity contribution is 6.48. The molecular weight excluding hydrogens is 522 g/mol. The molecule has 0 spiro atoms. The first-order valence-corrected chi connectivity index (χ1v) is 15.5. The van der Waals surface area contributed by atoms with Crippen LogP contribution in [0.2, 0.25) is 13.1 Å². The second-order valence-corrected chi connectivity index (χ2v) is 13.3. The van der Waals surface area contributed by atoms with Crippen molar-refractivity contribution in [2.45, 2.75) is 46.6 Å². The largest absolute Gasteiger partial charge is 0.489 e. The summed E-state index contributed by atoms with van der Waals surface area (Å²) in [6.45, 7) is 10.9. The van der Waals surface area contributed by atoms with Gasteiger partial charge in [0.2, 0.25) is 9.04 Å². The predicted octanol–water partition coefficient (Wildman–Crippen LogP) is 7.53. The maximum absolute atomic E-state index is 12.5. The average Bonchev–Trinajstić information content (AvgIpc) is 3.46. The van der Waals surface area contributed by atoms with Gasteiger partial charge in [0.1, 0.15) is 23.5 Å². The van der Waals surface area contributed by atoms with Crippen LogP contribution >= 0.6 is 0 Å². The molecule has 0 aliphatic rings. The Bertz CT molecular complexity index is 1680. The van der Waals surface area contributed by atoms with E-state index in [-0.39, 0.29) is 22.6 Å². The number of nitrogens with zero attached hydrogens (tertiary/aromatic N) is 1. The van der Waals surface area contributed by atoms with Gasteiger partial charge in [-0.15, -0.1) is 0 Å². The Balaban J connectivity index is 1.69. The minimum atomic E-state index is -1.28. The summed E-state index contributed by atoms with van der Waals surface area (Å²) in [5.74, 6) is -1.88. The van der Waals surface area contributed by atoms with E-state index in [1.165, 1.54) is 0 Å². The van der Waals surface area contributed by atoms with Crippen molar-refractivity contribution in [3.05, 3.63) is 95.1 Å². The number of pyridine rings is 1. The lowest BCUT2D eigenvalue weighted by molar-refractivity contribution is 0.0655. The fourth-order valence-electron chi connectivity index (χ4n) is 5.27. The van der Waals surface area contributed by atoms with Crippen LogP contribution in [0, 0.1) is 5.41 Å². The second-order valence-electron chi connectivity index (χ2n) is 11.2. The molecule has 0 fully saturated rings. The Labute approximate surface area is 234 Å². The molecule has 1 unspecified atom stereocenters. The molecule has 0 amide bonds. The van der Waals surface area contributed by atoms with Gasteiger partial charge in [-0.25, -0.2) is 9.59 Å². The third-order valence-electron chi connectivity index (χ3n) is 6.97. The van der Waals surface area contributed by atoms with Gasteiger partial charge in [-0.1, -0.05) is 69.3 Å². The van der Waals surface area contributed by atoms with Crippen LogP contribution in [0.1, 0.15) is 58.7 Å². The number of carboxylic acids is 2. The van der Waals surface area contributed by atoms with E-state index in [2.05, 4.69) is 33.9 Å². The third kappa shape index (κ3) is 4.96. The quantitative estimate of drug-likeness (QED) is 0.183. The fourth-order valence-corrected chi connectivity index (χ4v) is 6.22. The molecule has 3 heterocycles. The third-order valence-corrected chi connectivity index (χ3v) is 7.67. The monoisotopic (exact) mass is 554 g/mol. The molecule has 0 aliphatic heterocycles. The molecular formula is C32H32NO6Si. The molecule has 1 radical (unpaired) electrons. The number of carboxylic acid groups (broad SMARTS) is 2. The molecule has 205 valence electrons. The number of aromatic nitrogens is 1. The molecule has 2 N–H and O–H groups in total. The molecule has 5 rings (SSSR count).